The monoisotopic (exact) mass is 376 g/mol. The molecule has 0 spiro atoms. The van der Waals surface area contributed by atoms with E-state index in [-0.39, 0.29) is 16.5 Å². The van der Waals surface area contributed by atoms with Crippen LogP contribution in [0.15, 0.2) is 45.9 Å². The Morgan fingerprint density at radius 3 is 2.75 bits per heavy atom. The van der Waals surface area contributed by atoms with Gasteiger partial charge in [-0.25, -0.2) is 13.4 Å². The fraction of sp³-hybridized carbons (Fsp3) is 0.0833. The molecule has 0 bridgehead atoms. The van der Waals surface area contributed by atoms with Gasteiger partial charge in [0.25, 0.3) is 10.0 Å². The first-order valence-corrected chi connectivity index (χ1v) is 8.06. The van der Waals surface area contributed by atoms with Gasteiger partial charge in [-0.05, 0) is 40.2 Å². The Morgan fingerprint density at radius 1 is 1.35 bits per heavy atom. The Kier molecular flexibility index (Phi) is 4.52. The van der Waals surface area contributed by atoms with Gasteiger partial charge in [-0.15, -0.1) is 0 Å². The van der Waals surface area contributed by atoms with Gasteiger partial charge in [-0.3, -0.25) is 4.72 Å². The summed E-state index contributed by atoms with van der Waals surface area (Å²) in [6, 6.07) is 7.54. The molecule has 0 fully saturated rings. The summed E-state index contributed by atoms with van der Waals surface area (Å²) in [5, 5.41) is 0.340. The lowest BCUT2D eigenvalue weighted by Gasteiger charge is -2.11. The van der Waals surface area contributed by atoms with Gasteiger partial charge in [0.1, 0.15) is 5.69 Å². The fourth-order valence-electron chi connectivity index (χ4n) is 1.50. The van der Waals surface area contributed by atoms with Crippen molar-refractivity contribution in [2.45, 2.75) is 4.90 Å². The third-order valence-corrected chi connectivity index (χ3v) is 4.39. The number of benzene rings is 1. The Balaban J connectivity index is 2.40. The smallest absolute Gasteiger partial charge is 0.262 e. The summed E-state index contributed by atoms with van der Waals surface area (Å²) in [6.45, 7) is 0. The third-order valence-electron chi connectivity index (χ3n) is 2.36. The molecule has 1 aromatic carbocycles. The first-order valence-electron chi connectivity index (χ1n) is 5.40. The summed E-state index contributed by atoms with van der Waals surface area (Å²) in [4.78, 5) is 4.03. The van der Waals surface area contributed by atoms with Crippen LogP contribution in [0.4, 0.5) is 5.69 Å². The zero-order valence-corrected chi connectivity index (χ0v) is 13.5. The van der Waals surface area contributed by atoms with E-state index in [2.05, 4.69) is 25.6 Å². The topological polar surface area (TPSA) is 68.3 Å². The van der Waals surface area contributed by atoms with Crippen LogP contribution in [0, 0.1) is 0 Å². The predicted octanol–water partition coefficient (Wildman–Crippen LogP) is 3.31. The van der Waals surface area contributed by atoms with Crippen molar-refractivity contribution < 1.29 is 13.2 Å². The number of nitrogens with zero attached hydrogens (tertiary/aromatic N) is 1. The zero-order chi connectivity index (χ0) is 14.8. The summed E-state index contributed by atoms with van der Waals surface area (Å²) < 4.78 is 32.6. The molecule has 0 saturated carbocycles. The molecule has 1 heterocycles. The number of aromatic nitrogens is 1. The Morgan fingerprint density at radius 2 is 2.10 bits per heavy atom. The summed E-state index contributed by atoms with van der Waals surface area (Å²) in [7, 11) is -2.35. The van der Waals surface area contributed by atoms with Crippen LogP contribution in [0.25, 0.3) is 0 Å². The molecule has 0 aliphatic carbocycles. The van der Waals surface area contributed by atoms with E-state index in [9.17, 15) is 8.42 Å². The number of nitrogens with one attached hydrogen (secondary N) is 1. The van der Waals surface area contributed by atoms with Crippen molar-refractivity contribution >= 4 is 43.2 Å². The Labute approximate surface area is 130 Å². The molecule has 0 aliphatic heterocycles. The lowest BCUT2D eigenvalue weighted by atomic mass is 10.4. The number of pyridine rings is 1. The largest absolute Gasteiger partial charge is 0.479 e. The highest BCUT2D eigenvalue weighted by Crippen LogP contribution is 2.27. The standard InChI is InChI=1S/C12H10BrClN2O3S/c1-19-12-11(5-8(13)7-15-12)16-20(17,18)10-4-2-3-9(14)6-10/h2-7,16H,1H3. The molecule has 5 nitrogen and oxygen atoms in total. The highest BCUT2D eigenvalue weighted by atomic mass is 79.9. The molecule has 20 heavy (non-hydrogen) atoms. The van der Waals surface area contributed by atoms with Crippen molar-refractivity contribution in [3.05, 3.63) is 46.0 Å². The normalized spacial score (nSPS) is 11.2. The maximum absolute atomic E-state index is 12.3. The van der Waals surface area contributed by atoms with Crippen LogP contribution >= 0.6 is 27.5 Å². The second-order valence-electron chi connectivity index (χ2n) is 3.77. The summed E-state index contributed by atoms with van der Waals surface area (Å²) in [5.74, 6) is 0.179. The molecule has 0 radical (unpaired) electrons. The number of sulfonamides is 1. The SMILES string of the molecule is COc1ncc(Br)cc1NS(=O)(=O)c1cccc(Cl)c1. The zero-order valence-electron chi connectivity index (χ0n) is 10.3. The Bertz CT molecular complexity index is 737. The number of rotatable bonds is 4. The van der Waals surface area contributed by atoms with Gasteiger partial charge in [0, 0.05) is 15.7 Å². The van der Waals surface area contributed by atoms with E-state index in [1.165, 1.54) is 25.4 Å². The minimum Gasteiger partial charge on any atom is -0.479 e. The number of methoxy groups -OCH3 is 1. The first-order chi connectivity index (χ1) is 9.42. The Hall–Kier alpha value is -1.31. The number of hydrogen-bond acceptors (Lipinski definition) is 4. The summed E-state index contributed by atoms with van der Waals surface area (Å²) in [5.41, 5.74) is 0.238. The molecular formula is C12H10BrClN2O3S. The van der Waals surface area contributed by atoms with E-state index in [0.29, 0.717) is 9.50 Å². The van der Waals surface area contributed by atoms with Crippen molar-refractivity contribution in [3.8, 4) is 5.88 Å². The van der Waals surface area contributed by atoms with Crippen molar-refractivity contribution in [2.75, 3.05) is 11.8 Å². The van der Waals surface area contributed by atoms with Gasteiger partial charge in [0.2, 0.25) is 5.88 Å². The van der Waals surface area contributed by atoms with E-state index in [4.69, 9.17) is 16.3 Å². The quantitative estimate of drug-likeness (QED) is 0.887. The van der Waals surface area contributed by atoms with Crippen LogP contribution in [-0.2, 0) is 10.0 Å². The second-order valence-corrected chi connectivity index (χ2v) is 6.81. The van der Waals surface area contributed by atoms with E-state index in [1.807, 2.05) is 0 Å². The van der Waals surface area contributed by atoms with Gasteiger partial charge < -0.3 is 4.74 Å². The van der Waals surface area contributed by atoms with Gasteiger partial charge in [0.15, 0.2) is 0 Å². The van der Waals surface area contributed by atoms with Gasteiger partial charge in [0.05, 0.1) is 12.0 Å². The molecule has 0 saturated heterocycles. The van der Waals surface area contributed by atoms with Crippen LogP contribution in [0.1, 0.15) is 0 Å². The molecule has 0 amide bonds. The molecule has 0 atom stereocenters. The molecule has 106 valence electrons. The maximum atomic E-state index is 12.3. The highest BCUT2D eigenvalue weighted by Gasteiger charge is 2.17. The van der Waals surface area contributed by atoms with E-state index in [1.54, 1.807) is 18.2 Å². The molecule has 0 aliphatic rings. The van der Waals surface area contributed by atoms with Crippen LogP contribution < -0.4 is 9.46 Å². The minimum atomic E-state index is -3.76. The van der Waals surface area contributed by atoms with Crippen LogP contribution in [0.3, 0.4) is 0 Å². The molecule has 2 rings (SSSR count). The first kappa shape index (κ1) is 15.1. The molecule has 1 N–H and O–H groups in total. The summed E-state index contributed by atoms with van der Waals surface area (Å²) >= 11 is 9.03. The third kappa shape index (κ3) is 3.41. The van der Waals surface area contributed by atoms with Gasteiger partial charge >= 0.3 is 0 Å². The average molecular weight is 378 g/mol. The number of halogens is 2. The van der Waals surface area contributed by atoms with Crippen molar-refractivity contribution in [2.24, 2.45) is 0 Å². The molecule has 1 aromatic heterocycles. The van der Waals surface area contributed by atoms with Crippen molar-refractivity contribution in [1.29, 1.82) is 0 Å². The average Bonchev–Trinajstić information content (AvgIpc) is 2.38. The number of anilines is 1. The van der Waals surface area contributed by atoms with Crippen LogP contribution in [0.5, 0.6) is 5.88 Å². The summed E-state index contributed by atoms with van der Waals surface area (Å²) in [6.07, 6.45) is 1.51. The molecular weight excluding hydrogens is 368 g/mol. The van der Waals surface area contributed by atoms with Crippen LogP contribution in [-0.4, -0.2) is 20.5 Å². The minimum absolute atomic E-state index is 0.0621. The van der Waals surface area contributed by atoms with Crippen LogP contribution in [0.2, 0.25) is 5.02 Å². The lowest BCUT2D eigenvalue weighted by Crippen LogP contribution is -2.14. The number of hydrogen-bond donors (Lipinski definition) is 1. The van der Waals surface area contributed by atoms with E-state index < -0.39 is 10.0 Å². The van der Waals surface area contributed by atoms with E-state index >= 15 is 0 Å². The predicted molar refractivity (Wildman–Crippen MR) is 80.7 cm³/mol. The van der Waals surface area contributed by atoms with Crippen molar-refractivity contribution in [3.63, 3.8) is 0 Å². The lowest BCUT2D eigenvalue weighted by molar-refractivity contribution is 0.400. The van der Waals surface area contributed by atoms with E-state index in [0.717, 1.165) is 0 Å². The van der Waals surface area contributed by atoms with Gasteiger partial charge in [-0.1, -0.05) is 17.7 Å². The highest BCUT2D eigenvalue weighted by molar-refractivity contribution is 9.10. The molecule has 8 heteroatoms. The van der Waals surface area contributed by atoms with Gasteiger partial charge in [-0.2, -0.15) is 0 Å². The molecule has 2 aromatic rings. The fourth-order valence-corrected chi connectivity index (χ4v) is 3.18. The maximum Gasteiger partial charge on any atom is 0.262 e. The number of ether oxygens (including phenoxy) is 1. The van der Waals surface area contributed by atoms with Crippen molar-refractivity contribution in [1.82, 2.24) is 4.98 Å². The molecule has 0 unspecified atom stereocenters. The second kappa shape index (κ2) is 5.99.